The summed E-state index contributed by atoms with van der Waals surface area (Å²) in [6, 6.07) is 15.5. The zero-order valence-electron chi connectivity index (χ0n) is 28.8. The summed E-state index contributed by atoms with van der Waals surface area (Å²) in [5.74, 6) is -1.36. The Labute approximate surface area is 290 Å². The largest absolute Gasteiger partial charge is 0.466 e. The number of esters is 1. The highest BCUT2D eigenvalue weighted by atomic mass is 19.1. The van der Waals surface area contributed by atoms with Gasteiger partial charge < -0.3 is 29.1 Å². The van der Waals surface area contributed by atoms with Gasteiger partial charge in [0.25, 0.3) is 0 Å². The number of carbonyl (C=O) groups is 2. The van der Waals surface area contributed by atoms with Gasteiger partial charge in [0.1, 0.15) is 23.5 Å². The highest BCUT2D eigenvalue weighted by Gasteiger charge is 2.32. The number of amides is 1. The number of imidazole rings is 1. The Morgan fingerprint density at radius 1 is 1.10 bits per heavy atom. The standard InChI is InChI=1S/C39H42F2N4O5/c1-5-48-35(46)20-29-28-15-17-42-33(28)21-32(41)36(29)49-26-13-14-31(40)30(19-26)37-43-22-34(44-37)39(3,25-11-9-10-24(2)18-25)16-8-6-7-12-27-23-45(4)38(47)50-27/h9-11,13-15,17-19,21-22,27,42H,5-8,12,16,20,23H2,1-4H3,(H,43,44). The fraction of sp³-hybridized carbons (Fsp3) is 0.359. The van der Waals surface area contributed by atoms with Crippen molar-refractivity contribution in [2.45, 2.75) is 70.8 Å². The number of H-pyrrole nitrogens is 2. The summed E-state index contributed by atoms with van der Waals surface area (Å²) in [4.78, 5) is 36.8. The summed E-state index contributed by atoms with van der Waals surface area (Å²) in [6.07, 6.45) is 7.28. The number of ether oxygens (including phenoxy) is 3. The van der Waals surface area contributed by atoms with Gasteiger partial charge in [-0.25, -0.2) is 18.6 Å². The zero-order chi connectivity index (χ0) is 35.4. The maximum Gasteiger partial charge on any atom is 0.409 e. The molecule has 3 heterocycles. The number of unbranched alkanes of at least 4 members (excludes halogenated alkanes) is 2. The Morgan fingerprint density at radius 3 is 2.70 bits per heavy atom. The summed E-state index contributed by atoms with van der Waals surface area (Å²) in [5.41, 5.74) is 3.61. The number of fused-ring (bicyclic) bond motifs is 1. The van der Waals surface area contributed by atoms with E-state index in [1.165, 1.54) is 24.3 Å². The monoisotopic (exact) mass is 684 g/mol. The number of halogens is 2. The minimum Gasteiger partial charge on any atom is -0.466 e. The van der Waals surface area contributed by atoms with Crippen molar-refractivity contribution in [3.8, 4) is 22.9 Å². The Hall–Kier alpha value is -5.19. The lowest BCUT2D eigenvalue weighted by Gasteiger charge is -2.30. The third kappa shape index (κ3) is 7.36. The van der Waals surface area contributed by atoms with E-state index in [1.807, 2.05) is 6.07 Å². The molecule has 2 N–H and O–H groups in total. The molecule has 0 bridgehead atoms. The molecule has 0 saturated carbocycles. The van der Waals surface area contributed by atoms with Crippen molar-refractivity contribution in [1.82, 2.24) is 19.9 Å². The first-order chi connectivity index (χ1) is 24.0. The molecular weight excluding hydrogens is 642 g/mol. The second kappa shape index (κ2) is 14.7. The van der Waals surface area contributed by atoms with Crippen LogP contribution in [-0.4, -0.2) is 58.2 Å². The zero-order valence-corrected chi connectivity index (χ0v) is 28.8. The van der Waals surface area contributed by atoms with E-state index in [0.717, 1.165) is 48.9 Å². The molecule has 0 aliphatic carbocycles. The van der Waals surface area contributed by atoms with Crippen LogP contribution in [0.5, 0.6) is 11.5 Å². The van der Waals surface area contributed by atoms with E-state index in [-0.39, 0.29) is 42.3 Å². The Bertz CT molecular complexity index is 2010. The van der Waals surface area contributed by atoms with Gasteiger partial charge in [-0.05, 0) is 69.9 Å². The second-order valence-corrected chi connectivity index (χ2v) is 13.2. The van der Waals surface area contributed by atoms with Crippen molar-refractivity contribution < 1.29 is 32.6 Å². The van der Waals surface area contributed by atoms with Crippen LogP contribution in [0.1, 0.15) is 68.3 Å². The first-order valence-corrected chi connectivity index (χ1v) is 17.0. The number of carbonyl (C=O) groups excluding carboxylic acids is 2. The molecule has 1 aliphatic heterocycles. The molecule has 1 fully saturated rings. The van der Waals surface area contributed by atoms with Crippen molar-refractivity contribution in [1.29, 1.82) is 0 Å². The fourth-order valence-corrected chi connectivity index (χ4v) is 6.72. The maximum atomic E-state index is 15.5. The predicted molar refractivity (Wildman–Crippen MR) is 186 cm³/mol. The van der Waals surface area contributed by atoms with Crippen LogP contribution in [0.25, 0.3) is 22.3 Å². The van der Waals surface area contributed by atoms with E-state index in [0.29, 0.717) is 28.8 Å². The highest BCUT2D eigenvalue weighted by molar-refractivity contribution is 5.89. The molecule has 11 heteroatoms. The summed E-state index contributed by atoms with van der Waals surface area (Å²) in [5, 5.41) is 0.623. The van der Waals surface area contributed by atoms with Gasteiger partial charge in [0.2, 0.25) is 0 Å². The number of aromatic amines is 2. The molecule has 1 saturated heterocycles. The van der Waals surface area contributed by atoms with Gasteiger partial charge in [-0.3, -0.25) is 4.79 Å². The van der Waals surface area contributed by atoms with Gasteiger partial charge in [-0.1, -0.05) is 42.7 Å². The molecule has 0 spiro atoms. The van der Waals surface area contributed by atoms with Crippen LogP contribution < -0.4 is 4.74 Å². The molecule has 2 atom stereocenters. The summed E-state index contributed by atoms with van der Waals surface area (Å²) >= 11 is 0. The van der Waals surface area contributed by atoms with E-state index in [1.54, 1.807) is 37.3 Å². The topological polar surface area (TPSA) is 110 Å². The highest BCUT2D eigenvalue weighted by Crippen LogP contribution is 2.39. The molecule has 1 aliphatic rings. The van der Waals surface area contributed by atoms with Crippen molar-refractivity contribution in [2.24, 2.45) is 0 Å². The second-order valence-electron chi connectivity index (χ2n) is 13.2. The lowest BCUT2D eigenvalue weighted by molar-refractivity contribution is -0.142. The SMILES string of the molecule is CCOC(=O)Cc1c(Oc2ccc(F)c(-c3ncc(C(C)(CCCCCC4CN(C)C(=O)O4)c4cccc(C)c4)[nH]3)c2)c(F)cc2[nH]ccc12. The number of likely N-dealkylation sites (N-methyl/N-ethyl adjacent to an activating group) is 1. The van der Waals surface area contributed by atoms with Gasteiger partial charge in [0, 0.05) is 53.1 Å². The molecule has 0 radical (unpaired) electrons. The molecule has 9 nitrogen and oxygen atoms in total. The first-order valence-electron chi connectivity index (χ1n) is 17.0. The Kier molecular flexibility index (Phi) is 10.2. The van der Waals surface area contributed by atoms with Crippen LogP contribution in [0.2, 0.25) is 0 Å². The van der Waals surface area contributed by atoms with Gasteiger partial charge in [-0.15, -0.1) is 0 Å². The average Bonchev–Trinajstić information content (AvgIpc) is 3.84. The minimum atomic E-state index is -0.670. The van der Waals surface area contributed by atoms with Crippen molar-refractivity contribution in [2.75, 3.05) is 20.2 Å². The lowest BCUT2D eigenvalue weighted by Crippen LogP contribution is -2.24. The van der Waals surface area contributed by atoms with Crippen molar-refractivity contribution in [3.63, 3.8) is 0 Å². The molecule has 1 amide bonds. The van der Waals surface area contributed by atoms with E-state index in [4.69, 9.17) is 14.2 Å². The molecule has 2 aromatic heterocycles. The lowest BCUT2D eigenvalue weighted by atomic mass is 9.75. The summed E-state index contributed by atoms with van der Waals surface area (Å²) < 4.78 is 47.5. The molecule has 262 valence electrons. The molecule has 50 heavy (non-hydrogen) atoms. The summed E-state index contributed by atoms with van der Waals surface area (Å²) in [6.45, 7) is 6.72. The van der Waals surface area contributed by atoms with Gasteiger partial charge in [-0.2, -0.15) is 0 Å². The third-order valence-corrected chi connectivity index (χ3v) is 9.49. The normalized spacial score (nSPS) is 15.7. The minimum absolute atomic E-state index is 0.0716. The van der Waals surface area contributed by atoms with Crippen molar-refractivity contribution >= 4 is 23.0 Å². The number of nitrogens with zero attached hydrogens (tertiary/aromatic N) is 2. The third-order valence-electron chi connectivity index (χ3n) is 9.49. The number of hydrogen-bond acceptors (Lipinski definition) is 6. The number of cyclic esters (lactones) is 1. The smallest absolute Gasteiger partial charge is 0.409 e. The Balaban J connectivity index is 1.25. The van der Waals surface area contributed by atoms with E-state index in [9.17, 15) is 9.59 Å². The first kappa shape index (κ1) is 34.7. The fourth-order valence-electron chi connectivity index (χ4n) is 6.72. The van der Waals surface area contributed by atoms with Gasteiger partial charge in [0.05, 0.1) is 25.1 Å². The molecule has 3 aromatic carbocycles. The summed E-state index contributed by atoms with van der Waals surface area (Å²) in [7, 11) is 1.75. The molecule has 5 aromatic rings. The molecular formula is C39H42F2N4O5. The van der Waals surface area contributed by atoms with Crippen LogP contribution >= 0.6 is 0 Å². The number of aryl methyl sites for hydroxylation is 1. The number of hydrogen-bond donors (Lipinski definition) is 2. The molecule has 2 unspecified atom stereocenters. The van der Waals surface area contributed by atoms with Crippen LogP contribution in [0.3, 0.4) is 0 Å². The molecule has 6 rings (SSSR count). The quantitative estimate of drug-likeness (QED) is 0.0895. The number of rotatable bonds is 14. The van der Waals surface area contributed by atoms with E-state index >= 15 is 8.78 Å². The van der Waals surface area contributed by atoms with Crippen LogP contribution in [-0.2, 0) is 26.1 Å². The van der Waals surface area contributed by atoms with E-state index < -0.39 is 23.0 Å². The number of aromatic nitrogens is 3. The van der Waals surface area contributed by atoms with Crippen molar-refractivity contribution in [3.05, 3.63) is 101 Å². The number of nitrogens with one attached hydrogen (secondary N) is 2. The van der Waals surface area contributed by atoms with Gasteiger partial charge in [0.15, 0.2) is 11.6 Å². The Morgan fingerprint density at radius 2 is 1.94 bits per heavy atom. The maximum absolute atomic E-state index is 15.5. The number of benzene rings is 3. The van der Waals surface area contributed by atoms with Crippen LogP contribution in [0.4, 0.5) is 13.6 Å². The predicted octanol–water partition coefficient (Wildman–Crippen LogP) is 8.75. The van der Waals surface area contributed by atoms with Gasteiger partial charge >= 0.3 is 12.1 Å². The average molecular weight is 685 g/mol. The van der Waals surface area contributed by atoms with E-state index in [2.05, 4.69) is 47.0 Å². The van der Waals surface area contributed by atoms with Crippen LogP contribution in [0.15, 0.2) is 67.0 Å². The van der Waals surface area contributed by atoms with Crippen LogP contribution in [0, 0.1) is 18.6 Å².